The molecule has 0 radical (unpaired) electrons. The van der Waals surface area contributed by atoms with Gasteiger partial charge in [-0.2, -0.15) is 4.58 Å². The van der Waals surface area contributed by atoms with Gasteiger partial charge in [-0.05, 0) is 55.8 Å². The van der Waals surface area contributed by atoms with Gasteiger partial charge in [-0.1, -0.05) is 32.1 Å². The van der Waals surface area contributed by atoms with Crippen LogP contribution in [0.15, 0.2) is 72.5 Å². The Morgan fingerprint density at radius 1 is 0.953 bits per heavy atom. The Balaban J connectivity index is 1.66. The molecule has 2 aliphatic rings. The molecule has 43 heavy (non-hydrogen) atoms. The third-order valence-electron chi connectivity index (χ3n) is 7.41. The van der Waals surface area contributed by atoms with Gasteiger partial charge in [0.15, 0.2) is 11.5 Å². The Morgan fingerprint density at radius 2 is 1.63 bits per heavy atom. The zero-order valence-electron chi connectivity index (χ0n) is 23.8. The highest BCUT2D eigenvalue weighted by atomic mass is 31.2. The van der Waals surface area contributed by atoms with Gasteiger partial charge in [0, 0.05) is 39.1 Å². The second kappa shape index (κ2) is 12.4. The molecule has 0 saturated carbocycles. The average molecular weight is 631 g/mol. The van der Waals surface area contributed by atoms with Crippen molar-refractivity contribution in [1.29, 1.82) is 0 Å². The maximum atomic E-state index is 11.7. The Hall–Kier alpha value is -3.92. The van der Waals surface area contributed by atoms with Crippen LogP contribution < -0.4 is 13.9 Å². The molecule has 0 aromatic heterocycles. The highest BCUT2D eigenvalue weighted by molar-refractivity contribution is 7.39. The first-order valence-corrected chi connectivity index (χ1v) is 15.3. The Labute approximate surface area is 250 Å². The minimum absolute atomic E-state index is 0.195. The van der Waals surface area contributed by atoms with E-state index in [9.17, 15) is 34.2 Å². The molecule has 1 unspecified atom stereocenters. The summed E-state index contributed by atoms with van der Waals surface area (Å²) in [4.78, 5) is 52.8. The van der Waals surface area contributed by atoms with Gasteiger partial charge in [-0.25, -0.2) is 9.32 Å². The normalized spacial score (nSPS) is 18.1. The fraction of sp³-hybridized carbons (Fsp3) is 0.276. The molecule has 0 spiro atoms. The Bertz CT molecular complexity index is 1610. The lowest BCUT2D eigenvalue weighted by Gasteiger charge is -2.25. The molecule has 226 valence electrons. The van der Waals surface area contributed by atoms with Crippen LogP contribution in [0.2, 0.25) is 0 Å². The van der Waals surface area contributed by atoms with Gasteiger partial charge in [0.25, 0.3) is 0 Å². The molecule has 4 rings (SSSR count). The molecule has 0 amide bonds. The molecule has 2 aromatic rings. The van der Waals surface area contributed by atoms with Crippen LogP contribution in [0.25, 0.3) is 0 Å². The molecule has 2 aliphatic heterocycles. The largest absolute Gasteiger partial charge is 0.747 e. The van der Waals surface area contributed by atoms with E-state index in [-0.39, 0.29) is 24.6 Å². The molecule has 5 N–H and O–H groups in total. The van der Waals surface area contributed by atoms with Gasteiger partial charge in [-0.3, -0.25) is 4.79 Å². The van der Waals surface area contributed by atoms with Crippen molar-refractivity contribution in [3.8, 4) is 11.5 Å². The van der Waals surface area contributed by atoms with Crippen LogP contribution in [-0.2, 0) is 25.0 Å². The number of anilines is 1. The number of carboxylic acid groups (broad SMARTS) is 2. The lowest BCUT2D eigenvalue weighted by atomic mass is 9.81. The van der Waals surface area contributed by atoms with Crippen LogP contribution in [0.1, 0.15) is 38.8 Å². The van der Waals surface area contributed by atoms with Gasteiger partial charge in [0.2, 0.25) is 12.2 Å². The van der Waals surface area contributed by atoms with Crippen molar-refractivity contribution in [1.82, 2.24) is 0 Å². The highest BCUT2D eigenvalue weighted by Gasteiger charge is 2.45. The fourth-order valence-corrected chi connectivity index (χ4v) is 6.17. The van der Waals surface area contributed by atoms with Gasteiger partial charge in [-0.15, -0.1) is 4.89 Å². The van der Waals surface area contributed by atoms with Crippen LogP contribution >= 0.6 is 16.9 Å². The lowest BCUT2D eigenvalue weighted by Crippen LogP contribution is -2.30. The number of nitrogens with zero attached hydrogens (tertiary/aromatic N) is 2. The number of hydrogen-bond donors (Lipinski definition) is 5. The van der Waals surface area contributed by atoms with Crippen molar-refractivity contribution in [2.75, 3.05) is 18.0 Å². The van der Waals surface area contributed by atoms with E-state index < -0.39 is 39.6 Å². The molecule has 12 nitrogen and oxygen atoms in total. The van der Waals surface area contributed by atoms with Gasteiger partial charge >= 0.3 is 28.8 Å². The highest BCUT2D eigenvalue weighted by Crippen LogP contribution is 2.49. The molecule has 0 bridgehead atoms. The quantitative estimate of drug-likeness (QED) is 0.133. The second-order valence-corrected chi connectivity index (χ2v) is 12.3. The van der Waals surface area contributed by atoms with Crippen molar-refractivity contribution in [3.05, 3.63) is 83.6 Å². The molecule has 0 saturated heterocycles. The first kappa shape index (κ1) is 32.0. The van der Waals surface area contributed by atoms with E-state index in [1.807, 2.05) is 27.7 Å². The molecule has 2 aromatic carbocycles. The monoisotopic (exact) mass is 630 g/mol. The molecule has 2 heterocycles. The van der Waals surface area contributed by atoms with Crippen LogP contribution in [0.4, 0.5) is 11.4 Å². The van der Waals surface area contributed by atoms with E-state index in [4.69, 9.17) is 13.9 Å². The predicted molar refractivity (Wildman–Crippen MR) is 160 cm³/mol. The Kier molecular flexibility index (Phi) is 9.20. The number of carboxylic acids is 2. The maximum absolute atomic E-state index is 11.7. The van der Waals surface area contributed by atoms with E-state index in [1.54, 1.807) is 70.2 Å². The van der Waals surface area contributed by atoms with Crippen molar-refractivity contribution in [2.24, 2.45) is 0 Å². The van der Waals surface area contributed by atoms with E-state index in [2.05, 4.69) is 0 Å². The SMILES string of the molecule is CC1(C)C(/C=C/C=C/C=C2/N(CC(=O)O)c3ccc(O[P+](=O)O)cc3C2(C)C)=[N+](CC(=O)O)c2ccc(OP(O)O)cc21. The number of hydrogen-bond acceptors (Lipinski definition) is 8. The number of allylic oxidation sites excluding steroid dienone is 6. The van der Waals surface area contributed by atoms with Gasteiger partial charge in [0.05, 0.1) is 5.41 Å². The molecule has 0 fully saturated rings. The number of fused-ring (bicyclic) bond motifs is 2. The smallest absolute Gasteiger partial charge is 0.480 e. The number of rotatable bonds is 11. The summed E-state index contributed by atoms with van der Waals surface area (Å²) < 4.78 is 22.9. The standard InChI is InChI=1S/C29H30N2O10P2/c1-28(2)20-14-18(40-42(36)37)10-12-22(20)30(16-26(32)33)24(28)8-6-5-7-9-25-29(3,4)21-15-19(41-43(38)39)11-13-23(21)31(25)17-27(34)35/h5-15,36-37H,16-17H2,1-4H3,(H-2,32,33,34,35,38,39)/p+2. The van der Waals surface area contributed by atoms with Crippen LogP contribution in [-0.4, -0.2) is 60.2 Å². The van der Waals surface area contributed by atoms with Crippen molar-refractivity contribution in [3.63, 3.8) is 0 Å². The zero-order valence-corrected chi connectivity index (χ0v) is 25.6. The summed E-state index contributed by atoms with van der Waals surface area (Å²) in [6.07, 6.45) is 8.85. The second-order valence-electron chi connectivity index (χ2n) is 10.9. The summed E-state index contributed by atoms with van der Waals surface area (Å²) in [5, 5.41) is 19.2. The summed E-state index contributed by atoms with van der Waals surface area (Å²) in [6, 6.07) is 9.70. The molecule has 0 aliphatic carbocycles. The van der Waals surface area contributed by atoms with E-state index in [1.165, 1.54) is 6.07 Å². The lowest BCUT2D eigenvalue weighted by molar-refractivity contribution is -0.428. The third-order valence-corrected chi connectivity index (χ3v) is 8.16. The van der Waals surface area contributed by atoms with Gasteiger partial charge in [0.1, 0.15) is 12.3 Å². The van der Waals surface area contributed by atoms with E-state index >= 15 is 0 Å². The fourth-order valence-electron chi connectivity index (χ4n) is 5.58. The number of benzene rings is 2. The Morgan fingerprint density at radius 3 is 2.26 bits per heavy atom. The number of aliphatic carboxylic acids is 2. The van der Waals surface area contributed by atoms with Crippen molar-refractivity contribution < 1.29 is 52.7 Å². The predicted octanol–water partition coefficient (Wildman–Crippen LogP) is 4.64. The van der Waals surface area contributed by atoms with E-state index in [0.29, 0.717) is 22.8 Å². The summed E-state index contributed by atoms with van der Waals surface area (Å²) in [5.74, 6) is -1.60. The zero-order chi connectivity index (χ0) is 31.7. The molecule has 1 atom stereocenters. The summed E-state index contributed by atoms with van der Waals surface area (Å²) in [7, 11) is -5.47. The topological polar surface area (TPSA) is 177 Å². The molecule has 14 heteroatoms. The van der Waals surface area contributed by atoms with Crippen molar-refractivity contribution in [2.45, 2.75) is 38.5 Å². The first-order valence-electron chi connectivity index (χ1n) is 13.0. The number of carbonyl (C=O) groups is 2. The van der Waals surface area contributed by atoms with Crippen LogP contribution in [0, 0.1) is 0 Å². The first-order chi connectivity index (χ1) is 20.1. The maximum Gasteiger partial charge on any atom is 0.747 e. The molecular formula is C29H32N2O10P2+2. The minimum Gasteiger partial charge on any atom is -0.480 e. The van der Waals surface area contributed by atoms with Crippen molar-refractivity contribution >= 4 is 45.9 Å². The molecular weight excluding hydrogens is 598 g/mol. The minimum atomic E-state index is -2.86. The average Bonchev–Trinajstić information content (AvgIpc) is 3.21. The summed E-state index contributed by atoms with van der Waals surface area (Å²) >= 11 is 0. The van der Waals surface area contributed by atoms with Gasteiger partial charge < -0.3 is 29.4 Å². The summed E-state index contributed by atoms with van der Waals surface area (Å²) in [5.41, 5.74) is 2.89. The third kappa shape index (κ3) is 6.69. The summed E-state index contributed by atoms with van der Waals surface area (Å²) in [6.45, 7) is 7.10. The van der Waals surface area contributed by atoms with Crippen LogP contribution in [0.5, 0.6) is 11.5 Å². The van der Waals surface area contributed by atoms with E-state index in [0.717, 1.165) is 11.1 Å². The van der Waals surface area contributed by atoms with Crippen LogP contribution in [0.3, 0.4) is 0 Å².